The quantitative estimate of drug-likeness (QED) is 0.919. The van der Waals surface area contributed by atoms with Crippen molar-refractivity contribution in [1.29, 1.82) is 0 Å². The van der Waals surface area contributed by atoms with Crippen LogP contribution in [0.5, 0.6) is 0 Å². The molecule has 118 valence electrons. The van der Waals surface area contributed by atoms with Crippen molar-refractivity contribution < 1.29 is 13.2 Å². The summed E-state index contributed by atoms with van der Waals surface area (Å²) in [7, 11) is 0. The molecule has 5 heteroatoms. The summed E-state index contributed by atoms with van der Waals surface area (Å²) in [5.74, 6) is 0. The van der Waals surface area contributed by atoms with Crippen molar-refractivity contribution in [3.63, 3.8) is 0 Å². The summed E-state index contributed by atoms with van der Waals surface area (Å²) in [4.78, 5) is 2.06. The number of hydrogen-bond acceptors (Lipinski definition) is 2. The molecule has 0 radical (unpaired) electrons. The average Bonchev–Trinajstić information content (AvgIpc) is 2.37. The van der Waals surface area contributed by atoms with E-state index in [-0.39, 0.29) is 23.9 Å². The molecule has 0 saturated carbocycles. The van der Waals surface area contributed by atoms with E-state index in [0.717, 1.165) is 25.9 Å². The monoisotopic (exact) mass is 300 g/mol. The van der Waals surface area contributed by atoms with Crippen LogP contribution in [0.15, 0.2) is 18.2 Å². The third-order valence-electron chi connectivity index (χ3n) is 4.08. The lowest BCUT2D eigenvalue weighted by molar-refractivity contribution is -0.138. The third kappa shape index (κ3) is 3.90. The van der Waals surface area contributed by atoms with Gasteiger partial charge in [0, 0.05) is 18.8 Å². The Morgan fingerprint density at radius 3 is 2.57 bits per heavy atom. The normalized spacial score (nSPS) is 18.9. The highest BCUT2D eigenvalue weighted by atomic mass is 19.4. The standard InChI is InChI=1S/C16H23F3N2/c1-15(2)7-3-9-21(11-15)13-5-4-12(6-8-20)14(10-13)16(17,18)19/h4-5,10H,3,6-9,11,20H2,1-2H3. The van der Waals surface area contributed by atoms with Gasteiger partial charge in [0.15, 0.2) is 0 Å². The predicted octanol–water partition coefficient (Wildman–Crippen LogP) is 3.83. The molecule has 1 saturated heterocycles. The van der Waals surface area contributed by atoms with E-state index in [1.807, 2.05) is 0 Å². The Labute approximate surface area is 124 Å². The van der Waals surface area contributed by atoms with E-state index in [0.29, 0.717) is 5.69 Å². The molecule has 0 atom stereocenters. The lowest BCUT2D eigenvalue weighted by atomic mass is 9.84. The third-order valence-corrected chi connectivity index (χ3v) is 4.08. The first-order valence-corrected chi connectivity index (χ1v) is 7.38. The number of hydrogen-bond donors (Lipinski definition) is 1. The molecule has 2 N–H and O–H groups in total. The second-order valence-electron chi connectivity index (χ2n) is 6.57. The molecule has 0 aromatic heterocycles. The minimum absolute atomic E-state index is 0.145. The van der Waals surface area contributed by atoms with Crippen LogP contribution in [-0.2, 0) is 12.6 Å². The second-order valence-corrected chi connectivity index (χ2v) is 6.57. The molecule has 0 aliphatic carbocycles. The summed E-state index contributed by atoms with van der Waals surface area (Å²) in [5, 5.41) is 0. The first-order chi connectivity index (χ1) is 9.73. The van der Waals surface area contributed by atoms with Crippen molar-refractivity contribution in [2.24, 2.45) is 11.1 Å². The van der Waals surface area contributed by atoms with Crippen molar-refractivity contribution in [3.8, 4) is 0 Å². The van der Waals surface area contributed by atoms with E-state index >= 15 is 0 Å². The van der Waals surface area contributed by atoms with E-state index in [1.165, 1.54) is 6.07 Å². The summed E-state index contributed by atoms with van der Waals surface area (Å²) >= 11 is 0. The largest absolute Gasteiger partial charge is 0.416 e. The Balaban J connectivity index is 2.33. The predicted molar refractivity (Wildman–Crippen MR) is 79.4 cm³/mol. The van der Waals surface area contributed by atoms with E-state index < -0.39 is 11.7 Å². The van der Waals surface area contributed by atoms with E-state index in [4.69, 9.17) is 5.73 Å². The fourth-order valence-electron chi connectivity index (χ4n) is 3.04. The molecule has 2 rings (SSSR count). The molecule has 1 aromatic rings. The maximum absolute atomic E-state index is 13.2. The molecule has 1 fully saturated rings. The highest BCUT2D eigenvalue weighted by Gasteiger charge is 2.34. The summed E-state index contributed by atoms with van der Waals surface area (Å²) in [6.07, 6.45) is -1.95. The zero-order chi connectivity index (χ0) is 15.7. The van der Waals surface area contributed by atoms with Crippen LogP contribution in [0.4, 0.5) is 18.9 Å². The zero-order valence-electron chi connectivity index (χ0n) is 12.6. The van der Waals surface area contributed by atoms with Crippen LogP contribution in [0.1, 0.15) is 37.8 Å². The van der Waals surface area contributed by atoms with E-state index in [1.54, 1.807) is 12.1 Å². The summed E-state index contributed by atoms with van der Waals surface area (Å²) < 4.78 is 39.6. The number of nitrogens with zero attached hydrogens (tertiary/aromatic N) is 1. The Kier molecular flexibility index (Phi) is 4.51. The Morgan fingerprint density at radius 2 is 2.00 bits per heavy atom. The SMILES string of the molecule is CC1(C)CCCN(c2ccc(CCN)c(C(F)(F)F)c2)C1. The topological polar surface area (TPSA) is 29.3 Å². The molecule has 1 aliphatic heterocycles. The van der Waals surface area contributed by atoms with E-state index in [2.05, 4.69) is 18.7 Å². The maximum Gasteiger partial charge on any atom is 0.416 e. The fourth-order valence-corrected chi connectivity index (χ4v) is 3.04. The molecule has 21 heavy (non-hydrogen) atoms. The van der Waals surface area contributed by atoms with Crippen LogP contribution >= 0.6 is 0 Å². The number of alkyl halides is 3. The molecule has 0 amide bonds. The van der Waals surface area contributed by atoms with Crippen molar-refractivity contribution in [2.75, 3.05) is 24.5 Å². The molecule has 0 bridgehead atoms. The van der Waals surface area contributed by atoms with Gasteiger partial charge in [-0.3, -0.25) is 0 Å². The van der Waals surface area contributed by atoms with Gasteiger partial charge in [0.1, 0.15) is 0 Å². The van der Waals surface area contributed by atoms with Gasteiger partial charge in [0.2, 0.25) is 0 Å². The number of nitrogens with two attached hydrogens (primary N) is 1. The van der Waals surface area contributed by atoms with Gasteiger partial charge in [-0.15, -0.1) is 0 Å². The van der Waals surface area contributed by atoms with Crippen LogP contribution in [0.2, 0.25) is 0 Å². The Morgan fingerprint density at radius 1 is 1.29 bits per heavy atom. The first-order valence-electron chi connectivity index (χ1n) is 7.38. The first kappa shape index (κ1) is 16.1. The molecule has 1 aliphatic rings. The number of rotatable bonds is 3. The van der Waals surface area contributed by atoms with Gasteiger partial charge in [0.25, 0.3) is 0 Å². The van der Waals surface area contributed by atoms with Gasteiger partial charge >= 0.3 is 6.18 Å². The maximum atomic E-state index is 13.2. The molecular weight excluding hydrogens is 277 g/mol. The lowest BCUT2D eigenvalue weighted by Gasteiger charge is -2.39. The molecule has 1 heterocycles. The van der Waals surface area contributed by atoms with Crippen molar-refractivity contribution >= 4 is 5.69 Å². The fraction of sp³-hybridized carbons (Fsp3) is 0.625. The van der Waals surface area contributed by atoms with Crippen LogP contribution < -0.4 is 10.6 Å². The lowest BCUT2D eigenvalue weighted by Crippen LogP contribution is -2.40. The van der Waals surface area contributed by atoms with Crippen LogP contribution in [-0.4, -0.2) is 19.6 Å². The van der Waals surface area contributed by atoms with Crippen molar-refractivity contribution in [1.82, 2.24) is 0 Å². The van der Waals surface area contributed by atoms with Crippen molar-refractivity contribution in [2.45, 2.75) is 39.3 Å². The number of piperidine rings is 1. The molecule has 0 spiro atoms. The van der Waals surface area contributed by atoms with E-state index in [9.17, 15) is 13.2 Å². The molecule has 1 aromatic carbocycles. The second kappa shape index (κ2) is 5.87. The molecule has 2 nitrogen and oxygen atoms in total. The van der Waals surface area contributed by atoms with Gasteiger partial charge in [-0.25, -0.2) is 0 Å². The number of benzene rings is 1. The highest BCUT2D eigenvalue weighted by molar-refractivity contribution is 5.52. The van der Waals surface area contributed by atoms with Crippen LogP contribution in [0.25, 0.3) is 0 Å². The van der Waals surface area contributed by atoms with Crippen LogP contribution in [0, 0.1) is 5.41 Å². The summed E-state index contributed by atoms with van der Waals surface area (Å²) in [5.41, 5.74) is 5.95. The van der Waals surface area contributed by atoms with Gasteiger partial charge < -0.3 is 10.6 Å². The number of halogens is 3. The molecule has 0 unspecified atom stereocenters. The zero-order valence-corrected chi connectivity index (χ0v) is 12.6. The minimum atomic E-state index is -4.33. The number of anilines is 1. The minimum Gasteiger partial charge on any atom is -0.371 e. The Hall–Kier alpha value is -1.23. The Bertz CT molecular complexity index is 495. The van der Waals surface area contributed by atoms with Crippen LogP contribution in [0.3, 0.4) is 0 Å². The van der Waals surface area contributed by atoms with Gasteiger partial charge in [-0.1, -0.05) is 19.9 Å². The van der Waals surface area contributed by atoms with Gasteiger partial charge in [-0.05, 0) is 48.9 Å². The van der Waals surface area contributed by atoms with Gasteiger partial charge in [-0.2, -0.15) is 13.2 Å². The average molecular weight is 300 g/mol. The van der Waals surface area contributed by atoms with Gasteiger partial charge in [0.05, 0.1) is 5.56 Å². The molecular formula is C16H23F3N2. The van der Waals surface area contributed by atoms with Crippen molar-refractivity contribution in [3.05, 3.63) is 29.3 Å². The summed E-state index contributed by atoms with van der Waals surface area (Å²) in [6.45, 7) is 6.15. The highest BCUT2D eigenvalue weighted by Crippen LogP contribution is 2.37. The smallest absolute Gasteiger partial charge is 0.371 e. The summed E-state index contributed by atoms with van der Waals surface area (Å²) in [6, 6.07) is 4.65.